The van der Waals surface area contributed by atoms with E-state index < -0.39 is 24.0 Å². The maximum Gasteiger partial charge on any atom is 0.328 e. The number of methoxy groups -OCH3 is 1. The van der Waals surface area contributed by atoms with E-state index in [9.17, 15) is 14.4 Å². The number of nitrogens with zero attached hydrogens (tertiary/aromatic N) is 1. The number of benzene rings is 1. The fourth-order valence-corrected chi connectivity index (χ4v) is 2.56. The minimum Gasteiger partial charge on any atom is -0.467 e. The van der Waals surface area contributed by atoms with Gasteiger partial charge in [-0.3, -0.25) is 9.59 Å². The Balaban J connectivity index is 2.94. The molecule has 0 aliphatic heterocycles. The van der Waals surface area contributed by atoms with Crippen LogP contribution in [0.25, 0.3) is 0 Å². The number of amides is 2. The summed E-state index contributed by atoms with van der Waals surface area (Å²) in [5.74, 6) is -1.17. The van der Waals surface area contributed by atoms with Gasteiger partial charge in [0.05, 0.1) is 18.7 Å². The summed E-state index contributed by atoms with van der Waals surface area (Å²) in [6, 6.07) is 7.18. The SMILES string of the molecule is COC(=O)[C@@H](Cc1cccc(C#N)c1)NC(=O)[C@H](CC(C)C)NC(C)=O. The van der Waals surface area contributed by atoms with Crippen molar-refractivity contribution in [3.63, 3.8) is 0 Å². The molecule has 0 spiro atoms. The fourth-order valence-electron chi connectivity index (χ4n) is 2.56. The Morgan fingerprint density at radius 2 is 1.88 bits per heavy atom. The van der Waals surface area contributed by atoms with Crippen LogP contribution in [-0.2, 0) is 25.5 Å². The molecular formula is C19H25N3O4. The van der Waals surface area contributed by atoms with Crippen molar-refractivity contribution in [1.29, 1.82) is 5.26 Å². The highest BCUT2D eigenvalue weighted by atomic mass is 16.5. The minimum atomic E-state index is -0.912. The van der Waals surface area contributed by atoms with E-state index in [0.29, 0.717) is 12.0 Å². The molecule has 2 N–H and O–H groups in total. The first-order chi connectivity index (χ1) is 12.3. The van der Waals surface area contributed by atoms with Gasteiger partial charge in [-0.15, -0.1) is 0 Å². The summed E-state index contributed by atoms with van der Waals surface area (Å²) in [4.78, 5) is 36.0. The number of hydrogen-bond acceptors (Lipinski definition) is 5. The Kier molecular flexibility index (Phi) is 8.29. The molecular weight excluding hydrogens is 334 g/mol. The molecule has 0 bridgehead atoms. The summed E-state index contributed by atoms with van der Waals surface area (Å²) < 4.78 is 4.78. The van der Waals surface area contributed by atoms with Crippen LogP contribution in [0.5, 0.6) is 0 Å². The van der Waals surface area contributed by atoms with E-state index >= 15 is 0 Å². The Bertz CT molecular complexity index is 694. The van der Waals surface area contributed by atoms with Crippen LogP contribution in [0.1, 0.15) is 38.3 Å². The van der Waals surface area contributed by atoms with Gasteiger partial charge in [-0.2, -0.15) is 5.26 Å². The van der Waals surface area contributed by atoms with Crippen LogP contribution in [-0.4, -0.2) is 37.0 Å². The van der Waals surface area contributed by atoms with Crippen molar-refractivity contribution in [2.45, 2.75) is 45.7 Å². The largest absolute Gasteiger partial charge is 0.467 e. The van der Waals surface area contributed by atoms with E-state index in [0.717, 1.165) is 5.56 Å². The van der Waals surface area contributed by atoms with E-state index in [4.69, 9.17) is 10.00 Å². The van der Waals surface area contributed by atoms with E-state index in [2.05, 4.69) is 10.6 Å². The molecule has 0 saturated heterocycles. The molecule has 0 heterocycles. The molecule has 0 unspecified atom stereocenters. The third-order valence-electron chi connectivity index (χ3n) is 3.70. The lowest BCUT2D eigenvalue weighted by Gasteiger charge is -2.23. The van der Waals surface area contributed by atoms with Gasteiger partial charge in [-0.05, 0) is 30.0 Å². The third kappa shape index (κ3) is 6.93. The van der Waals surface area contributed by atoms with Gasteiger partial charge in [0.15, 0.2) is 0 Å². The van der Waals surface area contributed by atoms with Crippen molar-refractivity contribution in [1.82, 2.24) is 10.6 Å². The molecule has 0 fully saturated rings. The van der Waals surface area contributed by atoms with Crippen LogP contribution >= 0.6 is 0 Å². The lowest BCUT2D eigenvalue weighted by molar-refractivity contribution is -0.145. The van der Waals surface area contributed by atoms with Crippen molar-refractivity contribution in [3.05, 3.63) is 35.4 Å². The molecule has 0 aliphatic carbocycles. The highest BCUT2D eigenvalue weighted by molar-refractivity contribution is 5.90. The molecule has 140 valence electrons. The topological polar surface area (TPSA) is 108 Å². The second-order valence-electron chi connectivity index (χ2n) is 6.48. The summed E-state index contributed by atoms with van der Waals surface area (Å²) in [6.45, 7) is 5.21. The van der Waals surface area contributed by atoms with Crippen molar-refractivity contribution in [2.75, 3.05) is 7.11 Å². The molecule has 7 nitrogen and oxygen atoms in total. The summed E-state index contributed by atoms with van der Waals surface area (Å²) in [7, 11) is 1.24. The van der Waals surface area contributed by atoms with Gasteiger partial charge in [0, 0.05) is 13.3 Å². The molecule has 1 aromatic rings. The first kappa shape index (κ1) is 21.2. The van der Waals surface area contributed by atoms with Crippen LogP contribution in [0.2, 0.25) is 0 Å². The molecule has 2 atom stereocenters. The van der Waals surface area contributed by atoms with Crippen LogP contribution in [0.3, 0.4) is 0 Å². The average molecular weight is 359 g/mol. The van der Waals surface area contributed by atoms with E-state index in [1.165, 1.54) is 14.0 Å². The second kappa shape index (κ2) is 10.2. The number of carbonyl (C=O) groups is 3. The van der Waals surface area contributed by atoms with Crippen molar-refractivity contribution in [2.24, 2.45) is 5.92 Å². The molecule has 0 radical (unpaired) electrons. The minimum absolute atomic E-state index is 0.182. The first-order valence-electron chi connectivity index (χ1n) is 8.41. The van der Waals surface area contributed by atoms with Gasteiger partial charge in [-0.1, -0.05) is 26.0 Å². The standard InChI is InChI=1S/C19H25N3O4/c1-12(2)8-16(21-13(3)23)18(24)22-17(19(25)26-4)10-14-6-5-7-15(9-14)11-20/h5-7,9,12,16-17H,8,10H2,1-4H3,(H,21,23)(H,22,24)/t16-,17+/m0/s1. The van der Waals surface area contributed by atoms with E-state index in [1.54, 1.807) is 24.3 Å². The van der Waals surface area contributed by atoms with Crippen LogP contribution in [0, 0.1) is 17.2 Å². The summed E-state index contributed by atoms with van der Waals surface area (Å²) >= 11 is 0. The zero-order valence-corrected chi connectivity index (χ0v) is 15.5. The highest BCUT2D eigenvalue weighted by Crippen LogP contribution is 2.10. The molecule has 1 aromatic carbocycles. The summed E-state index contributed by atoms with van der Waals surface area (Å²) in [5.41, 5.74) is 1.19. The van der Waals surface area contributed by atoms with Crippen LogP contribution < -0.4 is 10.6 Å². The lowest BCUT2D eigenvalue weighted by Crippen LogP contribution is -2.52. The van der Waals surface area contributed by atoms with E-state index in [-0.39, 0.29) is 18.2 Å². The Hall–Kier alpha value is -2.88. The second-order valence-corrected chi connectivity index (χ2v) is 6.48. The van der Waals surface area contributed by atoms with Gasteiger partial charge >= 0.3 is 5.97 Å². The van der Waals surface area contributed by atoms with Gasteiger partial charge in [0.25, 0.3) is 0 Å². The van der Waals surface area contributed by atoms with Crippen molar-refractivity contribution >= 4 is 17.8 Å². The predicted molar refractivity (Wildman–Crippen MR) is 95.9 cm³/mol. The molecule has 26 heavy (non-hydrogen) atoms. The first-order valence-corrected chi connectivity index (χ1v) is 8.41. The third-order valence-corrected chi connectivity index (χ3v) is 3.70. The monoisotopic (exact) mass is 359 g/mol. The maximum absolute atomic E-state index is 12.6. The van der Waals surface area contributed by atoms with Crippen LogP contribution in [0.15, 0.2) is 24.3 Å². The van der Waals surface area contributed by atoms with Crippen molar-refractivity contribution in [3.8, 4) is 6.07 Å². The number of nitrogens with one attached hydrogen (secondary N) is 2. The van der Waals surface area contributed by atoms with Crippen molar-refractivity contribution < 1.29 is 19.1 Å². The van der Waals surface area contributed by atoms with Gasteiger partial charge < -0.3 is 15.4 Å². The highest BCUT2D eigenvalue weighted by Gasteiger charge is 2.27. The zero-order valence-electron chi connectivity index (χ0n) is 15.5. The zero-order chi connectivity index (χ0) is 19.7. The molecule has 0 aromatic heterocycles. The molecule has 0 aliphatic rings. The molecule has 2 amide bonds. The number of carbonyl (C=O) groups excluding carboxylic acids is 3. The predicted octanol–water partition coefficient (Wildman–Crippen LogP) is 1.31. The average Bonchev–Trinajstić information content (AvgIpc) is 2.59. The molecule has 1 rings (SSSR count). The normalized spacial score (nSPS) is 12.6. The van der Waals surface area contributed by atoms with Crippen LogP contribution in [0.4, 0.5) is 0 Å². The van der Waals surface area contributed by atoms with Gasteiger partial charge in [-0.25, -0.2) is 4.79 Å². The number of rotatable bonds is 8. The summed E-state index contributed by atoms with van der Waals surface area (Å²) in [6.07, 6.45) is 0.631. The molecule has 0 saturated carbocycles. The Labute approximate surface area is 153 Å². The van der Waals surface area contributed by atoms with E-state index in [1.807, 2.05) is 19.9 Å². The lowest BCUT2D eigenvalue weighted by atomic mass is 10.0. The molecule has 7 heteroatoms. The summed E-state index contributed by atoms with van der Waals surface area (Å²) in [5, 5.41) is 14.2. The Morgan fingerprint density at radius 1 is 1.19 bits per heavy atom. The fraction of sp³-hybridized carbons (Fsp3) is 0.474. The quantitative estimate of drug-likeness (QED) is 0.680. The smallest absolute Gasteiger partial charge is 0.328 e. The number of esters is 1. The number of hydrogen-bond donors (Lipinski definition) is 2. The maximum atomic E-state index is 12.6. The number of nitriles is 1. The Morgan fingerprint density at radius 3 is 2.42 bits per heavy atom. The van der Waals surface area contributed by atoms with Gasteiger partial charge in [0.2, 0.25) is 11.8 Å². The van der Waals surface area contributed by atoms with Gasteiger partial charge in [0.1, 0.15) is 12.1 Å². The number of ether oxygens (including phenoxy) is 1.